The van der Waals surface area contributed by atoms with Crippen LogP contribution in [0.3, 0.4) is 0 Å². The summed E-state index contributed by atoms with van der Waals surface area (Å²) in [7, 11) is 0. The molecule has 0 amide bonds. The number of rotatable bonds is 0. The average Bonchev–Trinajstić information content (AvgIpc) is 1.58. The summed E-state index contributed by atoms with van der Waals surface area (Å²) in [5.74, 6) is 0. The van der Waals surface area contributed by atoms with Crippen LogP contribution in [0, 0.1) is 0 Å². The molecule has 0 aromatic carbocycles. The lowest BCUT2D eigenvalue weighted by Gasteiger charge is -2.53. The maximum atomic E-state index is 5.65. The fourth-order valence-corrected chi connectivity index (χ4v) is 1.15. The van der Waals surface area contributed by atoms with Crippen molar-refractivity contribution < 1.29 is 4.74 Å². The Hall–Kier alpha value is -0.120. The van der Waals surface area contributed by atoms with Crippen LogP contribution < -0.4 is 11.1 Å². The highest BCUT2D eigenvalue weighted by Crippen LogP contribution is 2.28. The summed E-state index contributed by atoms with van der Waals surface area (Å²) >= 11 is 0. The molecule has 1 unspecified atom stereocenters. The van der Waals surface area contributed by atoms with Gasteiger partial charge in [-0.3, -0.25) is 0 Å². The van der Waals surface area contributed by atoms with Gasteiger partial charge in [-0.25, -0.2) is 0 Å². The Bertz CT molecular complexity index is 105. The van der Waals surface area contributed by atoms with Crippen molar-refractivity contribution in [1.29, 1.82) is 0 Å². The number of hydrogen-bond donors (Lipinski definition) is 2. The predicted molar refractivity (Wildman–Crippen MR) is 29.5 cm³/mol. The molecule has 0 aromatic rings. The Morgan fingerprint density at radius 3 is 2.38 bits per heavy atom. The molecule has 0 aliphatic carbocycles. The summed E-state index contributed by atoms with van der Waals surface area (Å²) in [6.07, 6.45) is 0. The molecule has 2 saturated heterocycles. The van der Waals surface area contributed by atoms with E-state index in [1.807, 2.05) is 0 Å². The van der Waals surface area contributed by atoms with Crippen LogP contribution in [0.25, 0.3) is 0 Å². The molecule has 2 fully saturated rings. The lowest BCUT2D eigenvalue weighted by Crippen LogP contribution is -2.77. The Morgan fingerprint density at radius 1 is 1.62 bits per heavy atom. The second-order valence-electron chi connectivity index (χ2n) is 2.59. The van der Waals surface area contributed by atoms with Crippen molar-refractivity contribution in [3.8, 4) is 0 Å². The van der Waals surface area contributed by atoms with E-state index < -0.39 is 0 Å². The van der Waals surface area contributed by atoms with E-state index >= 15 is 0 Å². The zero-order valence-electron chi connectivity index (χ0n) is 4.68. The van der Waals surface area contributed by atoms with Crippen LogP contribution in [0.1, 0.15) is 0 Å². The third-order valence-electron chi connectivity index (χ3n) is 2.07. The maximum Gasteiger partial charge on any atom is 0.110 e. The molecular weight excluding hydrogens is 104 g/mol. The van der Waals surface area contributed by atoms with E-state index in [0.717, 1.165) is 19.7 Å². The van der Waals surface area contributed by atoms with Gasteiger partial charge < -0.3 is 15.8 Å². The van der Waals surface area contributed by atoms with E-state index in [1.54, 1.807) is 0 Å². The van der Waals surface area contributed by atoms with Crippen molar-refractivity contribution in [2.24, 2.45) is 5.73 Å². The van der Waals surface area contributed by atoms with Crippen molar-refractivity contribution in [2.75, 3.05) is 19.7 Å². The summed E-state index contributed by atoms with van der Waals surface area (Å²) in [4.78, 5) is 0. The molecule has 3 nitrogen and oxygen atoms in total. The van der Waals surface area contributed by atoms with E-state index in [4.69, 9.17) is 10.5 Å². The number of ether oxygens (including phenoxy) is 1. The predicted octanol–water partition coefficient (Wildman–Crippen LogP) is -1.31. The van der Waals surface area contributed by atoms with Gasteiger partial charge in [0.2, 0.25) is 0 Å². The number of nitrogens with two attached hydrogens (primary N) is 1. The Morgan fingerprint density at radius 2 is 2.38 bits per heavy atom. The van der Waals surface area contributed by atoms with Crippen LogP contribution in [0.2, 0.25) is 0 Å². The number of nitrogens with one attached hydrogen (secondary N) is 1. The van der Waals surface area contributed by atoms with Crippen molar-refractivity contribution in [3.63, 3.8) is 0 Å². The third kappa shape index (κ3) is 0.354. The van der Waals surface area contributed by atoms with Crippen LogP contribution in [0.4, 0.5) is 0 Å². The van der Waals surface area contributed by atoms with Crippen molar-refractivity contribution in [2.45, 2.75) is 11.6 Å². The van der Waals surface area contributed by atoms with Gasteiger partial charge in [-0.2, -0.15) is 0 Å². The highest BCUT2D eigenvalue weighted by Gasteiger charge is 2.50. The molecule has 0 saturated carbocycles. The van der Waals surface area contributed by atoms with Crippen molar-refractivity contribution >= 4 is 0 Å². The fourth-order valence-electron chi connectivity index (χ4n) is 1.15. The first kappa shape index (κ1) is 4.73. The van der Waals surface area contributed by atoms with Crippen molar-refractivity contribution in [1.82, 2.24) is 5.32 Å². The molecular formula is C5H10N2O. The normalized spacial score (nSPS) is 40.9. The van der Waals surface area contributed by atoms with Gasteiger partial charge in [-0.05, 0) is 0 Å². The zero-order chi connectivity index (χ0) is 5.61. The van der Waals surface area contributed by atoms with E-state index in [0.29, 0.717) is 6.04 Å². The number of hydrogen-bond acceptors (Lipinski definition) is 3. The highest BCUT2D eigenvalue weighted by atomic mass is 16.5. The second-order valence-corrected chi connectivity index (χ2v) is 2.59. The van der Waals surface area contributed by atoms with Crippen LogP contribution >= 0.6 is 0 Å². The highest BCUT2D eigenvalue weighted by molar-refractivity contribution is 5.08. The van der Waals surface area contributed by atoms with Crippen LogP contribution in [0.5, 0.6) is 0 Å². The molecule has 3 N–H and O–H groups in total. The van der Waals surface area contributed by atoms with Gasteiger partial charge in [-0.15, -0.1) is 0 Å². The van der Waals surface area contributed by atoms with Crippen LogP contribution in [0.15, 0.2) is 0 Å². The molecule has 0 aromatic heterocycles. The Kier molecular flexibility index (Phi) is 0.730. The smallest absolute Gasteiger partial charge is 0.110 e. The van der Waals surface area contributed by atoms with E-state index in [2.05, 4.69) is 5.32 Å². The summed E-state index contributed by atoms with van der Waals surface area (Å²) in [5, 5.41) is 3.13. The van der Waals surface area contributed by atoms with E-state index in [1.165, 1.54) is 0 Å². The monoisotopic (exact) mass is 114 g/mol. The molecule has 3 heteroatoms. The van der Waals surface area contributed by atoms with Gasteiger partial charge in [0.15, 0.2) is 0 Å². The Balaban J connectivity index is 2.03. The van der Waals surface area contributed by atoms with Gasteiger partial charge in [0, 0.05) is 13.1 Å². The minimum absolute atomic E-state index is 0.0694. The minimum atomic E-state index is 0.0694. The summed E-state index contributed by atoms with van der Waals surface area (Å²) in [5.41, 5.74) is 5.72. The topological polar surface area (TPSA) is 47.3 Å². The molecule has 1 spiro atoms. The molecule has 0 radical (unpaired) electrons. The van der Waals surface area contributed by atoms with Crippen LogP contribution in [-0.2, 0) is 4.74 Å². The first-order valence-corrected chi connectivity index (χ1v) is 2.94. The largest absolute Gasteiger partial charge is 0.369 e. The van der Waals surface area contributed by atoms with Gasteiger partial charge in [-0.1, -0.05) is 0 Å². The molecule has 2 aliphatic rings. The second kappa shape index (κ2) is 1.23. The molecule has 1 atom stereocenters. The Labute approximate surface area is 48.2 Å². The molecule has 46 valence electrons. The molecule has 0 bridgehead atoms. The van der Waals surface area contributed by atoms with E-state index in [-0.39, 0.29) is 5.60 Å². The van der Waals surface area contributed by atoms with Gasteiger partial charge >= 0.3 is 0 Å². The summed E-state index contributed by atoms with van der Waals surface area (Å²) < 4.78 is 5.28. The molecule has 8 heavy (non-hydrogen) atoms. The first-order chi connectivity index (χ1) is 3.83. The third-order valence-corrected chi connectivity index (χ3v) is 2.07. The summed E-state index contributed by atoms with van der Waals surface area (Å²) in [6.45, 7) is 2.66. The molecule has 2 rings (SSSR count). The van der Waals surface area contributed by atoms with E-state index in [9.17, 15) is 0 Å². The van der Waals surface area contributed by atoms with Crippen molar-refractivity contribution in [3.05, 3.63) is 0 Å². The van der Waals surface area contributed by atoms with Crippen LogP contribution in [-0.4, -0.2) is 31.3 Å². The fraction of sp³-hybridized carbons (Fsp3) is 1.00. The standard InChI is InChI=1S/C5H10N2O/c6-4-1-8-5(4)2-7-3-5/h4,7H,1-3,6H2. The zero-order valence-corrected chi connectivity index (χ0v) is 4.68. The van der Waals surface area contributed by atoms with Gasteiger partial charge in [0.1, 0.15) is 5.60 Å². The quantitative estimate of drug-likeness (QED) is 0.411. The molecule has 2 heterocycles. The maximum absolute atomic E-state index is 5.65. The minimum Gasteiger partial charge on any atom is -0.369 e. The van der Waals surface area contributed by atoms with Gasteiger partial charge in [0.05, 0.1) is 12.6 Å². The molecule has 2 aliphatic heterocycles. The first-order valence-electron chi connectivity index (χ1n) is 2.94. The lowest BCUT2D eigenvalue weighted by atomic mass is 9.84. The summed E-state index contributed by atoms with van der Waals surface area (Å²) in [6, 6.07) is 0.295. The lowest BCUT2D eigenvalue weighted by molar-refractivity contribution is -0.191. The average molecular weight is 114 g/mol. The SMILES string of the molecule is NC1COC12CNC2. The van der Waals surface area contributed by atoms with Gasteiger partial charge in [0.25, 0.3) is 0 Å².